The monoisotopic (exact) mass is 274 g/mol. The largest absolute Gasteiger partial charge is 0.399 e. The van der Waals surface area contributed by atoms with Crippen LogP contribution >= 0.6 is 0 Å². The first kappa shape index (κ1) is 13.6. The SMILES string of the molecule is CN(C(=O)Cn1[nH]c(=O)ccc1=O)c1ccc(N)cc1. The van der Waals surface area contributed by atoms with Crippen LogP contribution in [0.4, 0.5) is 11.4 Å². The van der Waals surface area contributed by atoms with E-state index < -0.39 is 11.1 Å². The highest BCUT2D eigenvalue weighted by Crippen LogP contribution is 2.14. The van der Waals surface area contributed by atoms with Crippen LogP contribution in [0.2, 0.25) is 0 Å². The molecule has 1 aromatic heterocycles. The Balaban J connectivity index is 2.19. The first-order valence-electron chi connectivity index (χ1n) is 5.89. The molecule has 0 unspecified atom stereocenters. The van der Waals surface area contributed by atoms with Gasteiger partial charge in [-0.1, -0.05) is 0 Å². The summed E-state index contributed by atoms with van der Waals surface area (Å²) in [4.78, 5) is 36.1. The van der Waals surface area contributed by atoms with Gasteiger partial charge < -0.3 is 10.6 Å². The highest BCUT2D eigenvalue weighted by Gasteiger charge is 2.12. The van der Waals surface area contributed by atoms with E-state index >= 15 is 0 Å². The molecule has 20 heavy (non-hydrogen) atoms. The van der Waals surface area contributed by atoms with Crippen LogP contribution in [-0.4, -0.2) is 22.7 Å². The van der Waals surface area contributed by atoms with Gasteiger partial charge in [-0.05, 0) is 24.3 Å². The number of amides is 1. The average Bonchev–Trinajstić information content (AvgIpc) is 2.43. The lowest BCUT2D eigenvalue weighted by Crippen LogP contribution is -2.36. The minimum absolute atomic E-state index is 0.240. The second kappa shape index (κ2) is 5.43. The molecule has 0 spiro atoms. The average molecular weight is 274 g/mol. The molecule has 3 N–H and O–H groups in total. The molecule has 1 aromatic carbocycles. The van der Waals surface area contributed by atoms with Crippen molar-refractivity contribution >= 4 is 17.3 Å². The lowest BCUT2D eigenvalue weighted by molar-refractivity contribution is -0.119. The second-order valence-electron chi connectivity index (χ2n) is 4.28. The first-order valence-corrected chi connectivity index (χ1v) is 5.89. The van der Waals surface area contributed by atoms with E-state index in [0.717, 1.165) is 16.8 Å². The van der Waals surface area contributed by atoms with Gasteiger partial charge in [0.2, 0.25) is 5.91 Å². The summed E-state index contributed by atoms with van der Waals surface area (Å²) in [6, 6.07) is 8.99. The molecule has 104 valence electrons. The Hall–Kier alpha value is -2.83. The van der Waals surface area contributed by atoms with E-state index in [0.29, 0.717) is 11.4 Å². The highest BCUT2D eigenvalue weighted by molar-refractivity contribution is 5.92. The molecule has 0 aliphatic carbocycles. The van der Waals surface area contributed by atoms with Crippen molar-refractivity contribution in [2.24, 2.45) is 0 Å². The van der Waals surface area contributed by atoms with Gasteiger partial charge in [0.25, 0.3) is 11.1 Å². The van der Waals surface area contributed by atoms with Gasteiger partial charge in [-0.3, -0.25) is 19.5 Å². The molecule has 1 amide bonds. The number of likely N-dealkylation sites (N-methyl/N-ethyl adjacent to an activating group) is 1. The molecule has 0 fully saturated rings. The molecule has 7 nitrogen and oxygen atoms in total. The summed E-state index contributed by atoms with van der Waals surface area (Å²) in [7, 11) is 1.58. The number of aromatic nitrogens is 2. The van der Waals surface area contributed by atoms with Crippen molar-refractivity contribution in [3.05, 3.63) is 57.1 Å². The van der Waals surface area contributed by atoms with Crippen molar-refractivity contribution in [3.63, 3.8) is 0 Å². The Bertz CT molecular complexity index is 730. The van der Waals surface area contributed by atoms with E-state index in [4.69, 9.17) is 5.73 Å². The Kier molecular flexibility index (Phi) is 3.69. The number of nitrogens with two attached hydrogens (primary N) is 1. The van der Waals surface area contributed by atoms with Crippen molar-refractivity contribution in [2.75, 3.05) is 17.7 Å². The summed E-state index contributed by atoms with van der Waals surface area (Å²) < 4.78 is 0.971. The number of rotatable bonds is 3. The molecule has 0 saturated carbocycles. The second-order valence-corrected chi connectivity index (χ2v) is 4.28. The summed E-state index contributed by atoms with van der Waals surface area (Å²) in [5, 5.41) is 2.30. The van der Waals surface area contributed by atoms with Crippen molar-refractivity contribution in [3.8, 4) is 0 Å². The highest BCUT2D eigenvalue weighted by atomic mass is 16.2. The predicted molar refractivity (Wildman–Crippen MR) is 75.6 cm³/mol. The minimum atomic E-state index is -0.441. The molecule has 1 heterocycles. The molecule has 0 saturated heterocycles. The molecule has 0 aliphatic heterocycles. The van der Waals surface area contributed by atoms with Gasteiger partial charge in [0.1, 0.15) is 6.54 Å². The zero-order valence-electron chi connectivity index (χ0n) is 10.9. The van der Waals surface area contributed by atoms with Crippen LogP contribution in [-0.2, 0) is 11.3 Å². The molecule has 0 atom stereocenters. The summed E-state index contributed by atoms with van der Waals surface area (Å²) in [5.74, 6) is -0.335. The van der Waals surface area contributed by atoms with Crippen LogP contribution in [0.3, 0.4) is 0 Å². The number of nitrogens with zero attached hydrogens (tertiary/aromatic N) is 2. The van der Waals surface area contributed by atoms with Crippen LogP contribution < -0.4 is 21.8 Å². The van der Waals surface area contributed by atoms with Gasteiger partial charge in [0.15, 0.2) is 0 Å². The third-order valence-corrected chi connectivity index (χ3v) is 2.84. The topological polar surface area (TPSA) is 101 Å². The lowest BCUT2D eigenvalue weighted by atomic mass is 10.2. The molecular weight excluding hydrogens is 260 g/mol. The van der Waals surface area contributed by atoms with Crippen molar-refractivity contribution in [2.45, 2.75) is 6.54 Å². The van der Waals surface area contributed by atoms with Crippen LogP contribution in [0.15, 0.2) is 46.0 Å². The number of aromatic amines is 1. The fourth-order valence-corrected chi connectivity index (χ4v) is 1.66. The fraction of sp³-hybridized carbons (Fsp3) is 0.154. The van der Waals surface area contributed by atoms with E-state index in [-0.39, 0.29) is 12.5 Å². The van der Waals surface area contributed by atoms with Crippen molar-refractivity contribution < 1.29 is 4.79 Å². The van der Waals surface area contributed by atoms with Gasteiger partial charge in [-0.2, -0.15) is 0 Å². The first-order chi connectivity index (χ1) is 9.47. The summed E-state index contributed by atoms with van der Waals surface area (Å²) in [5.41, 5.74) is 5.94. The normalized spacial score (nSPS) is 10.2. The number of carbonyl (C=O) groups excluding carboxylic acids is 1. The molecular formula is C13H14N4O3. The lowest BCUT2D eigenvalue weighted by Gasteiger charge is -2.17. The molecule has 0 bridgehead atoms. The van der Waals surface area contributed by atoms with Crippen LogP contribution in [0.1, 0.15) is 0 Å². The maximum atomic E-state index is 12.1. The Morgan fingerprint density at radius 2 is 1.85 bits per heavy atom. The molecule has 2 aromatic rings. The van der Waals surface area contributed by atoms with Crippen LogP contribution in [0, 0.1) is 0 Å². The zero-order valence-corrected chi connectivity index (χ0v) is 10.9. The Labute approximate surface area is 114 Å². The standard InChI is InChI=1S/C13H14N4O3/c1-16(10-4-2-9(14)3-5-10)13(20)8-17-12(19)7-6-11(18)15-17/h2-7H,8,14H2,1H3,(H,15,18). The number of anilines is 2. The van der Waals surface area contributed by atoms with Gasteiger partial charge in [0.05, 0.1) is 0 Å². The van der Waals surface area contributed by atoms with E-state index in [9.17, 15) is 14.4 Å². The number of carbonyl (C=O) groups is 1. The number of hydrogen-bond donors (Lipinski definition) is 2. The summed E-state index contributed by atoms with van der Waals surface area (Å²) in [6.07, 6.45) is 0. The molecule has 2 rings (SSSR count). The van der Waals surface area contributed by atoms with Crippen molar-refractivity contribution in [1.29, 1.82) is 0 Å². The van der Waals surface area contributed by atoms with Crippen LogP contribution in [0.5, 0.6) is 0 Å². The van der Waals surface area contributed by atoms with E-state index in [1.807, 2.05) is 0 Å². The molecule has 0 radical (unpaired) electrons. The number of nitrogen functional groups attached to an aromatic ring is 1. The third kappa shape index (κ3) is 2.94. The number of nitrogens with one attached hydrogen (secondary N) is 1. The van der Waals surface area contributed by atoms with Crippen LogP contribution in [0.25, 0.3) is 0 Å². The Morgan fingerprint density at radius 1 is 1.20 bits per heavy atom. The van der Waals surface area contributed by atoms with Gasteiger partial charge >= 0.3 is 0 Å². The quantitative estimate of drug-likeness (QED) is 0.755. The summed E-state index contributed by atoms with van der Waals surface area (Å²) in [6.45, 7) is -0.240. The zero-order chi connectivity index (χ0) is 14.7. The summed E-state index contributed by atoms with van der Waals surface area (Å²) >= 11 is 0. The third-order valence-electron chi connectivity index (χ3n) is 2.84. The number of hydrogen-bond acceptors (Lipinski definition) is 4. The van der Waals surface area contributed by atoms with E-state index in [2.05, 4.69) is 5.10 Å². The number of benzene rings is 1. The molecule has 7 heteroatoms. The van der Waals surface area contributed by atoms with Gasteiger partial charge in [0, 0.05) is 30.6 Å². The van der Waals surface area contributed by atoms with E-state index in [1.54, 1.807) is 31.3 Å². The maximum Gasteiger partial charge on any atom is 0.265 e. The number of H-pyrrole nitrogens is 1. The van der Waals surface area contributed by atoms with E-state index in [1.165, 1.54) is 4.90 Å². The van der Waals surface area contributed by atoms with Gasteiger partial charge in [-0.25, -0.2) is 4.68 Å². The Morgan fingerprint density at radius 3 is 2.50 bits per heavy atom. The maximum absolute atomic E-state index is 12.1. The van der Waals surface area contributed by atoms with Crippen molar-refractivity contribution in [1.82, 2.24) is 9.78 Å². The minimum Gasteiger partial charge on any atom is -0.399 e. The predicted octanol–water partition coefficient (Wildman–Crippen LogP) is -0.218. The fourth-order valence-electron chi connectivity index (χ4n) is 1.66. The smallest absolute Gasteiger partial charge is 0.265 e. The van der Waals surface area contributed by atoms with Gasteiger partial charge in [-0.15, -0.1) is 0 Å². The molecule has 0 aliphatic rings.